The summed E-state index contributed by atoms with van der Waals surface area (Å²) in [5.74, 6) is -2.73. The number of carbonyl (C=O) groups excluding carboxylic acids is 4. The van der Waals surface area contributed by atoms with Gasteiger partial charge >= 0.3 is 11.8 Å². The first-order valence-corrected chi connectivity index (χ1v) is 9.45. The summed E-state index contributed by atoms with van der Waals surface area (Å²) in [5.41, 5.74) is 10.8. The maximum absolute atomic E-state index is 12.8. The van der Waals surface area contributed by atoms with Gasteiger partial charge in [0.1, 0.15) is 0 Å². The monoisotopic (exact) mass is 401 g/mol. The first kappa shape index (κ1) is 19.5. The molecule has 1 atom stereocenters. The van der Waals surface area contributed by atoms with Crippen LogP contribution in [0, 0.1) is 0 Å². The molecule has 1 fully saturated rings. The second kappa shape index (κ2) is 8.17. The third-order valence-electron chi connectivity index (χ3n) is 4.44. The van der Waals surface area contributed by atoms with Crippen LogP contribution in [0.25, 0.3) is 0 Å². The van der Waals surface area contributed by atoms with Crippen LogP contribution in [0.1, 0.15) is 50.2 Å². The van der Waals surface area contributed by atoms with Crippen LogP contribution in [-0.4, -0.2) is 40.1 Å². The Kier molecular flexibility index (Phi) is 5.69. The Morgan fingerprint density at radius 1 is 1.11 bits per heavy atom. The van der Waals surface area contributed by atoms with Crippen LogP contribution < -0.4 is 16.8 Å². The van der Waals surface area contributed by atoms with Gasteiger partial charge in [0, 0.05) is 17.6 Å². The van der Waals surface area contributed by atoms with Gasteiger partial charge in [-0.3, -0.25) is 24.2 Å². The van der Waals surface area contributed by atoms with E-state index in [2.05, 4.69) is 10.3 Å². The van der Waals surface area contributed by atoms with Crippen LogP contribution in [0.4, 0.5) is 5.69 Å². The fraction of sp³-hybridized carbons (Fsp3) is 0.278. The predicted molar refractivity (Wildman–Crippen MR) is 103 cm³/mol. The van der Waals surface area contributed by atoms with Crippen LogP contribution in [0.2, 0.25) is 0 Å². The van der Waals surface area contributed by atoms with Crippen LogP contribution in [0.5, 0.6) is 0 Å². The van der Waals surface area contributed by atoms with E-state index in [1.165, 1.54) is 34.7 Å². The summed E-state index contributed by atoms with van der Waals surface area (Å²) in [6, 6.07) is 4.45. The first-order valence-electron chi connectivity index (χ1n) is 8.63. The van der Waals surface area contributed by atoms with Crippen molar-refractivity contribution in [2.24, 2.45) is 11.5 Å². The number of likely N-dealkylation sites (tertiary alicyclic amines) is 1. The number of thiophene rings is 1. The van der Waals surface area contributed by atoms with E-state index in [4.69, 9.17) is 11.5 Å². The van der Waals surface area contributed by atoms with Gasteiger partial charge in [0.2, 0.25) is 5.91 Å². The van der Waals surface area contributed by atoms with Crippen molar-refractivity contribution in [3.8, 4) is 0 Å². The number of nitrogens with zero attached hydrogens (tertiary/aromatic N) is 2. The summed E-state index contributed by atoms with van der Waals surface area (Å²) in [4.78, 5) is 54.4. The van der Waals surface area contributed by atoms with Gasteiger partial charge in [0.15, 0.2) is 0 Å². The highest BCUT2D eigenvalue weighted by Crippen LogP contribution is 2.35. The summed E-state index contributed by atoms with van der Waals surface area (Å²) in [5, 5.41) is 2.46. The van der Waals surface area contributed by atoms with Crippen LogP contribution >= 0.6 is 11.3 Å². The number of hydrogen-bond donors (Lipinski definition) is 3. The highest BCUT2D eigenvalue weighted by Gasteiger charge is 2.33. The summed E-state index contributed by atoms with van der Waals surface area (Å²) in [6.45, 7) is 0.431. The number of aromatic nitrogens is 1. The molecule has 2 aromatic rings. The second-order valence-electron chi connectivity index (χ2n) is 6.36. The Hall–Kier alpha value is -3.27. The lowest BCUT2D eigenvalue weighted by atomic mass is 10.0. The molecule has 146 valence electrons. The maximum Gasteiger partial charge on any atom is 0.313 e. The molecule has 0 aromatic carbocycles. The van der Waals surface area contributed by atoms with Crippen molar-refractivity contribution in [1.29, 1.82) is 0 Å². The number of primary amides is 2. The van der Waals surface area contributed by atoms with Gasteiger partial charge in [-0.25, -0.2) is 0 Å². The molecule has 1 saturated heterocycles. The molecule has 0 spiro atoms. The highest BCUT2D eigenvalue weighted by atomic mass is 32.1. The Balaban J connectivity index is 1.76. The van der Waals surface area contributed by atoms with Crippen molar-refractivity contribution in [2.45, 2.75) is 25.3 Å². The zero-order chi connectivity index (χ0) is 20.3. The number of piperidine rings is 1. The van der Waals surface area contributed by atoms with Gasteiger partial charge in [0.05, 0.1) is 28.4 Å². The number of nitrogens with two attached hydrogens (primary N) is 2. The minimum atomic E-state index is -0.831. The Labute approximate surface area is 164 Å². The highest BCUT2D eigenvalue weighted by molar-refractivity contribution is 7.14. The third-order valence-corrected chi connectivity index (χ3v) is 5.64. The first-order chi connectivity index (χ1) is 13.4. The lowest BCUT2D eigenvalue weighted by molar-refractivity contribution is -0.145. The lowest BCUT2D eigenvalue weighted by Crippen LogP contribution is -2.44. The summed E-state index contributed by atoms with van der Waals surface area (Å²) in [6.07, 6.45) is 4.97. The normalized spacial score (nSPS) is 16.4. The molecule has 5 N–H and O–H groups in total. The molecule has 28 heavy (non-hydrogen) atoms. The quantitative estimate of drug-likeness (QED) is 0.654. The molecule has 2 aromatic heterocycles. The topological polar surface area (TPSA) is 148 Å². The molecule has 0 saturated carbocycles. The average Bonchev–Trinajstić information content (AvgIpc) is 3.18. The zero-order valence-corrected chi connectivity index (χ0v) is 15.7. The molecule has 9 nitrogen and oxygen atoms in total. The summed E-state index contributed by atoms with van der Waals surface area (Å²) in [7, 11) is 0. The lowest BCUT2D eigenvalue weighted by Gasteiger charge is -2.34. The second-order valence-corrected chi connectivity index (χ2v) is 7.47. The van der Waals surface area contributed by atoms with Gasteiger partial charge in [-0.1, -0.05) is 0 Å². The van der Waals surface area contributed by atoms with E-state index >= 15 is 0 Å². The number of amides is 4. The van der Waals surface area contributed by atoms with E-state index in [1.54, 1.807) is 12.1 Å². The molecule has 4 amide bonds. The van der Waals surface area contributed by atoms with E-state index in [0.29, 0.717) is 17.8 Å². The fourth-order valence-electron chi connectivity index (χ4n) is 3.09. The molecule has 10 heteroatoms. The minimum absolute atomic E-state index is 0.124. The Bertz CT molecular complexity index is 942. The van der Waals surface area contributed by atoms with Crippen LogP contribution in [0.15, 0.2) is 30.6 Å². The van der Waals surface area contributed by atoms with Crippen molar-refractivity contribution >= 4 is 40.7 Å². The van der Waals surface area contributed by atoms with E-state index in [0.717, 1.165) is 17.7 Å². The molecule has 0 radical (unpaired) electrons. The number of pyridine rings is 1. The summed E-state index contributed by atoms with van der Waals surface area (Å²) >= 11 is 1.23. The molecule has 0 bridgehead atoms. The third kappa shape index (κ3) is 4.17. The Morgan fingerprint density at radius 3 is 2.57 bits per heavy atom. The van der Waals surface area contributed by atoms with Crippen LogP contribution in [-0.2, 0) is 9.59 Å². The number of hydrogen-bond acceptors (Lipinski definition) is 6. The predicted octanol–water partition coefficient (Wildman–Crippen LogP) is 1.03. The molecule has 0 unspecified atom stereocenters. The van der Waals surface area contributed by atoms with Crippen molar-refractivity contribution in [3.05, 3.63) is 45.9 Å². The van der Waals surface area contributed by atoms with Gasteiger partial charge in [-0.15, -0.1) is 11.3 Å². The molecular weight excluding hydrogens is 382 g/mol. The minimum Gasteiger partial charge on any atom is -0.366 e. The smallest absolute Gasteiger partial charge is 0.313 e. The SMILES string of the molecule is NC(=O)c1cncc(NC(=O)C(=O)N2CCCC[C@H]2c2ccc(C(N)=O)s2)c1. The van der Waals surface area contributed by atoms with E-state index in [9.17, 15) is 19.2 Å². The zero-order valence-electron chi connectivity index (χ0n) is 14.9. The molecule has 1 aliphatic heterocycles. The fourth-order valence-corrected chi connectivity index (χ4v) is 4.10. The molecule has 3 rings (SSSR count). The standard InChI is InChI=1S/C18H19N5O4S/c19-15(24)10-7-11(9-21-8-10)22-17(26)18(27)23-6-2-1-3-12(23)13-4-5-14(28-13)16(20)25/h4-5,7-9,12H,1-3,6H2,(H2,19,24)(H2,20,25)(H,22,26)/t12-/m0/s1. The van der Waals surface area contributed by atoms with Crippen LogP contribution in [0.3, 0.4) is 0 Å². The van der Waals surface area contributed by atoms with E-state index < -0.39 is 23.6 Å². The number of rotatable bonds is 4. The maximum atomic E-state index is 12.8. The van der Waals surface area contributed by atoms with Gasteiger partial charge in [0.25, 0.3) is 5.91 Å². The van der Waals surface area contributed by atoms with Gasteiger partial charge in [-0.05, 0) is 37.5 Å². The van der Waals surface area contributed by atoms with Crippen molar-refractivity contribution in [1.82, 2.24) is 9.88 Å². The van der Waals surface area contributed by atoms with Crippen molar-refractivity contribution in [3.63, 3.8) is 0 Å². The molecular formula is C18H19N5O4S. The van der Waals surface area contributed by atoms with Gasteiger partial charge < -0.3 is 21.7 Å². The van der Waals surface area contributed by atoms with E-state index in [1.807, 2.05) is 0 Å². The number of nitrogens with one attached hydrogen (secondary N) is 1. The molecule has 3 heterocycles. The van der Waals surface area contributed by atoms with Crippen molar-refractivity contribution < 1.29 is 19.2 Å². The molecule has 0 aliphatic carbocycles. The number of carbonyl (C=O) groups is 4. The van der Waals surface area contributed by atoms with Gasteiger partial charge in [-0.2, -0.15) is 0 Å². The summed E-state index contributed by atoms with van der Waals surface area (Å²) < 4.78 is 0. The van der Waals surface area contributed by atoms with Crippen molar-refractivity contribution in [2.75, 3.05) is 11.9 Å². The van der Waals surface area contributed by atoms with E-state index in [-0.39, 0.29) is 17.3 Å². The average molecular weight is 401 g/mol. The molecule has 1 aliphatic rings. The largest absolute Gasteiger partial charge is 0.366 e. The Morgan fingerprint density at radius 2 is 1.89 bits per heavy atom. The number of anilines is 1.